The number of carbonyl (C=O) groups excluding carboxylic acids is 1. The number of hydrogen-bond acceptors (Lipinski definition) is 3. The molecule has 0 aliphatic carbocycles. The minimum atomic E-state index is -0.0938. The van der Waals surface area contributed by atoms with E-state index in [0.29, 0.717) is 5.82 Å². The molecule has 2 aromatic rings. The molecule has 4 heteroatoms. The van der Waals surface area contributed by atoms with Crippen molar-refractivity contribution in [1.29, 1.82) is 0 Å². The number of amides is 1. The number of anilines is 1. The zero-order valence-corrected chi connectivity index (χ0v) is 11.4. The summed E-state index contributed by atoms with van der Waals surface area (Å²) in [6.45, 7) is 3.63. The second kappa shape index (κ2) is 5.43. The molecular formula is C16H17N3O. The fourth-order valence-electron chi connectivity index (χ4n) is 2.52. The number of fused-ring (bicyclic) bond motifs is 1. The molecule has 0 saturated carbocycles. The van der Waals surface area contributed by atoms with Crippen LogP contribution in [0.25, 0.3) is 0 Å². The monoisotopic (exact) mass is 267 g/mol. The Hall–Kier alpha value is -2.20. The molecule has 2 N–H and O–H groups in total. The van der Waals surface area contributed by atoms with Crippen LogP contribution in [0.2, 0.25) is 0 Å². The lowest BCUT2D eigenvalue weighted by Gasteiger charge is -2.19. The van der Waals surface area contributed by atoms with Gasteiger partial charge in [-0.2, -0.15) is 0 Å². The molecule has 0 spiro atoms. The van der Waals surface area contributed by atoms with E-state index >= 15 is 0 Å². The van der Waals surface area contributed by atoms with Crippen LogP contribution in [0, 0.1) is 6.92 Å². The highest BCUT2D eigenvalue weighted by molar-refractivity contribution is 6.05. The van der Waals surface area contributed by atoms with Crippen LogP contribution in [0.1, 0.15) is 27.2 Å². The maximum absolute atomic E-state index is 12.4. The van der Waals surface area contributed by atoms with Gasteiger partial charge in [-0.3, -0.25) is 4.79 Å². The Morgan fingerprint density at radius 3 is 2.95 bits per heavy atom. The lowest BCUT2D eigenvalue weighted by molar-refractivity contribution is 0.102. The number of carbonyl (C=O) groups is 1. The van der Waals surface area contributed by atoms with E-state index in [4.69, 9.17) is 0 Å². The molecule has 0 unspecified atom stereocenters. The first-order valence-corrected chi connectivity index (χ1v) is 6.80. The van der Waals surface area contributed by atoms with Gasteiger partial charge in [-0.1, -0.05) is 18.2 Å². The third-order valence-corrected chi connectivity index (χ3v) is 3.52. The maximum atomic E-state index is 12.4. The minimum absolute atomic E-state index is 0.0938. The third-order valence-electron chi connectivity index (χ3n) is 3.52. The van der Waals surface area contributed by atoms with E-state index in [9.17, 15) is 4.79 Å². The van der Waals surface area contributed by atoms with E-state index in [-0.39, 0.29) is 5.91 Å². The quantitative estimate of drug-likeness (QED) is 0.877. The topological polar surface area (TPSA) is 54.0 Å². The maximum Gasteiger partial charge on any atom is 0.257 e. The SMILES string of the molecule is Cc1cccc(NC(=O)c2cccc3c2CNCC3)n1. The summed E-state index contributed by atoms with van der Waals surface area (Å²) in [7, 11) is 0. The summed E-state index contributed by atoms with van der Waals surface area (Å²) in [5.74, 6) is 0.500. The molecule has 1 aliphatic rings. The molecule has 102 valence electrons. The van der Waals surface area contributed by atoms with Crippen LogP contribution < -0.4 is 10.6 Å². The van der Waals surface area contributed by atoms with Gasteiger partial charge in [0.1, 0.15) is 5.82 Å². The molecule has 1 aromatic carbocycles. The van der Waals surface area contributed by atoms with Crippen LogP contribution in [0.3, 0.4) is 0 Å². The third kappa shape index (κ3) is 2.56. The van der Waals surface area contributed by atoms with Crippen molar-refractivity contribution in [3.8, 4) is 0 Å². The van der Waals surface area contributed by atoms with E-state index in [1.807, 2.05) is 31.2 Å². The summed E-state index contributed by atoms with van der Waals surface area (Å²) in [6, 6.07) is 11.5. The molecular weight excluding hydrogens is 250 g/mol. The molecule has 2 heterocycles. The highest BCUT2D eigenvalue weighted by Crippen LogP contribution is 2.19. The second-order valence-electron chi connectivity index (χ2n) is 4.99. The summed E-state index contributed by atoms with van der Waals surface area (Å²) in [5, 5.41) is 6.18. The standard InChI is InChI=1S/C16H17N3O/c1-11-4-2-7-15(18-11)19-16(20)13-6-3-5-12-8-9-17-10-14(12)13/h2-7,17H,8-10H2,1H3,(H,18,19,20). The van der Waals surface area contributed by atoms with E-state index in [1.165, 1.54) is 5.56 Å². The number of nitrogens with zero attached hydrogens (tertiary/aromatic N) is 1. The minimum Gasteiger partial charge on any atom is -0.312 e. The van der Waals surface area contributed by atoms with Crippen molar-refractivity contribution in [3.63, 3.8) is 0 Å². The van der Waals surface area contributed by atoms with E-state index in [1.54, 1.807) is 6.07 Å². The predicted molar refractivity (Wildman–Crippen MR) is 78.8 cm³/mol. The molecule has 1 aliphatic heterocycles. The first-order valence-electron chi connectivity index (χ1n) is 6.80. The zero-order valence-electron chi connectivity index (χ0n) is 11.4. The normalized spacial score (nSPS) is 13.7. The lowest BCUT2D eigenvalue weighted by Crippen LogP contribution is -2.27. The Bertz CT molecular complexity index is 652. The Morgan fingerprint density at radius 2 is 2.10 bits per heavy atom. The summed E-state index contributed by atoms with van der Waals surface area (Å²) in [6.07, 6.45) is 0.971. The Balaban J connectivity index is 1.88. The van der Waals surface area contributed by atoms with Crippen molar-refractivity contribution >= 4 is 11.7 Å². The number of aromatic nitrogens is 1. The van der Waals surface area contributed by atoms with E-state index in [0.717, 1.165) is 36.3 Å². The summed E-state index contributed by atoms with van der Waals surface area (Å²) >= 11 is 0. The van der Waals surface area contributed by atoms with Crippen LogP contribution in [-0.2, 0) is 13.0 Å². The van der Waals surface area contributed by atoms with Gasteiger partial charge in [0.15, 0.2) is 0 Å². The van der Waals surface area contributed by atoms with E-state index in [2.05, 4.69) is 21.7 Å². The number of nitrogens with one attached hydrogen (secondary N) is 2. The Labute approximate surface area is 118 Å². The first-order chi connectivity index (χ1) is 9.74. The van der Waals surface area contributed by atoms with Gasteiger partial charge in [-0.05, 0) is 49.2 Å². The van der Waals surface area contributed by atoms with Gasteiger partial charge in [-0.15, -0.1) is 0 Å². The van der Waals surface area contributed by atoms with Gasteiger partial charge in [0.25, 0.3) is 5.91 Å². The summed E-state index contributed by atoms with van der Waals surface area (Å²) < 4.78 is 0. The largest absolute Gasteiger partial charge is 0.312 e. The Morgan fingerprint density at radius 1 is 1.25 bits per heavy atom. The van der Waals surface area contributed by atoms with Crippen LogP contribution in [0.5, 0.6) is 0 Å². The first kappa shape index (κ1) is 12.8. The molecule has 20 heavy (non-hydrogen) atoms. The zero-order chi connectivity index (χ0) is 13.9. The highest BCUT2D eigenvalue weighted by Gasteiger charge is 2.17. The van der Waals surface area contributed by atoms with Gasteiger partial charge in [0.2, 0.25) is 0 Å². The van der Waals surface area contributed by atoms with Crippen molar-refractivity contribution in [3.05, 3.63) is 58.8 Å². The number of benzene rings is 1. The molecule has 3 rings (SSSR count). The highest BCUT2D eigenvalue weighted by atomic mass is 16.1. The van der Waals surface area contributed by atoms with Crippen LogP contribution >= 0.6 is 0 Å². The van der Waals surface area contributed by atoms with Gasteiger partial charge in [0, 0.05) is 17.8 Å². The molecule has 0 saturated heterocycles. The number of rotatable bonds is 2. The van der Waals surface area contributed by atoms with Gasteiger partial charge in [-0.25, -0.2) is 4.98 Å². The number of hydrogen-bond donors (Lipinski definition) is 2. The fourth-order valence-corrected chi connectivity index (χ4v) is 2.52. The van der Waals surface area contributed by atoms with Crippen LogP contribution in [0.4, 0.5) is 5.82 Å². The van der Waals surface area contributed by atoms with Gasteiger partial charge >= 0.3 is 0 Å². The number of pyridine rings is 1. The number of aryl methyl sites for hydroxylation is 1. The fraction of sp³-hybridized carbons (Fsp3) is 0.250. The second-order valence-corrected chi connectivity index (χ2v) is 4.99. The molecule has 1 aromatic heterocycles. The van der Waals surface area contributed by atoms with Crippen LogP contribution in [0.15, 0.2) is 36.4 Å². The molecule has 0 atom stereocenters. The molecule has 4 nitrogen and oxygen atoms in total. The Kier molecular flexibility index (Phi) is 3.48. The van der Waals surface area contributed by atoms with Crippen molar-refractivity contribution in [2.45, 2.75) is 19.9 Å². The van der Waals surface area contributed by atoms with Crippen molar-refractivity contribution in [1.82, 2.24) is 10.3 Å². The van der Waals surface area contributed by atoms with Gasteiger partial charge < -0.3 is 10.6 Å². The predicted octanol–water partition coefficient (Wildman–Crippen LogP) is 2.29. The smallest absolute Gasteiger partial charge is 0.257 e. The summed E-state index contributed by atoms with van der Waals surface area (Å²) in [5.41, 5.74) is 3.98. The molecule has 0 fully saturated rings. The van der Waals surface area contributed by atoms with Crippen molar-refractivity contribution < 1.29 is 4.79 Å². The average molecular weight is 267 g/mol. The average Bonchev–Trinajstić information content (AvgIpc) is 2.46. The molecule has 0 bridgehead atoms. The summed E-state index contributed by atoms with van der Waals surface area (Å²) in [4.78, 5) is 16.7. The van der Waals surface area contributed by atoms with Crippen molar-refractivity contribution in [2.24, 2.45) is 0 Å². The van der Waals surface area contributed by atoms with E-state index < -0.39 is 0 Å². The van der Waals surface area contributed by atoms with Crippen molar-refractivity contribution in [2.75, 3.05) is 11.9 Å². The lowest BCUT2D eigenvalue weighted by atomic mass is 9.95. The van der Waals surface area contributed by atoms with Gasteiger partial charge in [0.05, 0.1) is 0 Å². The molecule has 0 radical (unpaired) electrons. The molecule has 1 amide bonds. The van der Waals surface area contributed by atoms with Crippen LogP contribution in [-0.4, -0.2) is 17.4 Å².